The van der Waals surface area contributed by atoms with Crippen molar-refractivity contribution in [3.8, 4) is 11.5 Å². The van der Waals surface area contributed by atoms with Crippen molar-refractivity contribution in [1.82, 2.24) is 4.31 Å². The van der Waals surface area contributed by atoms with Crippen molar-refractivity contribution in [3.63, 3.8) is 0 Å². The molecule has 0 atom stereocenters. The van der Waals surface area contributed by atoms with Crippen LogP contribution in [0, 0.1) is 0 Å². The Labute approximate surface area is 159 Å². The average molecular weight is 383 g/mol. The van der Waals surface area contributed by atoms with Crippen molar-refractivity contribution >= 4 is 20.8 Å². The van der Waals surface area contributed by atoms with E-state index >= 15 is 0 Å². The smallest absolute Gasteiger partial charge is 0.244 e. The molecule has 0 fully saturated rings. The van der Waals surface area contributed by atoms with Gasteiger partial charge >= 0.3 is 0 Å². The molecule has 1 aliphatic heterocycles. The van der Waals surface area contributed by atoms with Gasteiger partial charge in [-0.1, -0.05) is 36.4 Å². The average Bonchev–Trinajstić information content (AvgIpc) is 2.71. The molecule has 6 heteroatoms. The second-order valence-electron chi connectivity index (χ2n) is 6.54. The van der Waals surface area contributed by atoms with Crippen LogP contribution in [0.5, 0.6) is 11.5 Å². The molecule has 140 valence electrons. The van der Waals surface area contributed by atoms with E-state index in [-0.39, 0.29) is 0 Å². The Kier molecular flexibility index (Phi) is 4.53. The molecule has 0 N–H and O–H groups in total. The normalized spacial score (nSPS) is 14.7. The van der Waals surface area contributed by atoms with Gasteiger partial charge in [0.15, 0.2) is 11.5 Å². The molecule has 3 aromatic carbocycles. The molecule has 0 aliphatic carbocycles. The van der Waals surface area contributed by atoms with E-state index in [1.165, 1.54) is 0 Å². The summed E-state index contributed by atoms with van der Waals surface area (Å²) in [4.78, 5) is 0.351. The van der Waals surface area contributed by atoms with Crippen LogP contribution in [0.4, 0.5) is 0 Å². The number of methoxy groups -OCH3 is 2. The second-order valence-corrected chi connectivity index (χ2v) is 8.45. The number of sulfonamides is 1. The number of benzene rings is 3. The molecule has 4 rings (SSSR count). The molecule has 0 saturated carbocycles. The molecule has 0 saturated heterocycles. The Bertz CT molecular complexity index is 1100. The van der Waals surface area contributed by atoms with Gasteiger partial charge in [0.25, 0.3) is 0 Å². The summed E-state index contributed by atoms with van der Waals surface area (Å²) in [6.45, 7) is 0.759. The van der Waals surface area contributed by atoms with E-state index in [0.29, 0.717) is 35.9 Å². The maximum atomic E-state index is 13.4. The molecule has 0 unspecified atom stereocenters. The van der Waals surface area contributed by atoms with Crippen LogP contribution in [-0.2, 0) is 23.0 Å². The molecular formula is C21H21NO4S. The predicted octanol–water partition coefficient (Wildman–Crippen LogP) is 3.60. The first-order chi connectivity index (χ1) is 13.0. The minimum absolute atomic E-state index is 0.321. The highest BCUT2D eigenvalue weighted by molar-refractivity contribution is 7.89. The molecule has 5 nitrogen and oxygen atoms in total. The third kappa shape index (κ3) is 3.05. The van der Waals surface area contributed by atoms with E-state index in [9.17, 15) is 8.42 Å². The van der Waals surface area contributed by atoms with Gasteiger partial charge in [0.05, 0.1) is 19.1 Å². The van der Waals surface area contributed by atoms with E-state index in [2.05, 4.69) is 0 Å². The Morgan fingerprint density at radius 3 is 2.30 bits per heavy atom. The maximum Gasteiger partial charge on any atom is 0.244 e. The zero-order valence-electron chi connectivity index (χ0n) is 15.3. The van der Waals surface area contributed by atoms with Crippen molar-refractivity contribution < 1.29 is 17.9 Å². The zero-order chi connectivity index (χ0) is 19.0. The third-order valence-corrected chi connectivity index (χ3v) is 6.95. The van der Waals surface area contributed by atoms with Gasteiger partial charge in [-0.3, -0.25) is 0 Å². The first-order valence-electron chi connectivity index (χ1n) is 8.76. The highest BCUT2D eigenvalue weighted by Crippen LogP contribution is 2.35. The van der Waals surface area contributed by atoms with Crippen LogP contribution in [0.25, 0.3) is 10.8 Å². The summed E-state index contributed by atoms with van der Waals surface area (Å²) in [6.07, 6.45) is 0.639. The topological polar surface area (TPSA) is 55.8 Å². The fourth-order valence-corrected chi connectivity index (χ4v) is 5.26. The van der Waals surface area contributed by atoms with Crippen LogP contribution in [0.1, 0.15) is 11.1 Å². The predicted molar refractivity (Wildman–Crippen MR) is 105 cm³/mol. The van der Waals surface area contributed by atoms with Gasteiger partial charge in [-0.25, -0.2) is 8.42 Å². The Morgan fingerprint density at radius 1 is 0.889 bits per heavy atom. The standard InChI is InChI=1S/C21H21NO4S/c1-25-19-12-16-10-11-22(14-17(16)13-20(19)26-2)27(23,24)21-9-5-7-15-6-3-4-8-18(15)21/h3-9,12-13H,10-11,14H2,1-2H3. The van der Waals surface area contributed by atoms with Gasteiger partial charge in [0, 0.05) is 18.5 Å². The van der Waals surface area contributed by atoms with Gasteiger partial charge in [-0.05, 0) is 41.1 Å². The first-order valence-corrected chi connectivity index (χ1v) is 10.2. The fourth-order valence-electron chi connectivity index (χ4n) is 3.62. The largest absolute Gasteiger partial charge is 0.493 e. The van der Waals surface area contributed by atoms with Crippen LogP contribution in [-0.4, -0.2) is 33.5 Å². The maximum absolute atomic E-state index is 13.4. The lowest BCUT2D eigenvalue weighted by atomic mass is 10.0. The van der Waals surface area contributed by atoms with E-state index in [1.54, 1.807) is 30.7 Å². The molecule has 0 bridgehead atoms. The number of fused-ring (bicyclic) bond motifs is 2. The van der Waals surface area contributed by atoms with Gasteiger partial charge in [-0.15, -0.1) is 0 Å². The lowest BCUT2D eigenvalue weighted by Gasteiger charge is -2.29. The van der Waals surface area contributed by atoms with Crippen LogP contribution >= 0.6 is 0 Å². The number of ether oxygens (including phenoxy) is 2. The van der Waals surface area contributed by atoms with Gasteiger partial charge < -0.3 is 9.47 Å². The molecule has 0 spiro atoms. The highest BCUT2D eigenvalue weighted by atomic mass is 32.2. The van der Waals surface area contributed by atoms with Crippen LogP contribution in [0.15, 0.2) is 59.5 Å². The van der Waals surface area contributed by atoms with Crippen LogP contribution in [0.2, 0.25) is 0 Å². The molecule has 1 aliphatic rings. The van der Waals surface area contributed by atoms with E-state index < -0.39 is 10.0 Å². The molecule has 1 heterocycles. The Morgan fingerprint density at radius 2 is 1.56 bits per heavy atom. The minimum atomic E-state index is -3.61. The summed E-state index contributed by atoms with van der Waals surface area (Å²) in [6, 6.07) is 16.8. The number of hydrogen-bond donors (Lipinski definition) is 0. The minimum Gasteiger partial charge on any atom is -0.493 e. The fraction of sp³-hybridized carbons (Fsp3) is 0.238. The van der Waals surface area contributed by atoms with Crippen LogP contribution in [0.3, 0.4) is 0 Å². The van der Waals surface area contributed by atoms with Gasteiger partial charge in [0.1, 0.15) is 0 Å². The van der Waals surface area contributed by atoms with Crippen molar-refractivity contribution in [3.05, 3.63) is 65.7 Å². The molecule has 0 amide bonds. The summed E-state index contributed by atoms with van der Waals surface area (Å²) < 4.78 is 39.0. The Balaban J connectivity index is 1.74. The second kappa shape index (κ2) is 6.87. The molecular weight excluding hydrogens is 362 g/mol. The number of nitrogens with zero attached hydrogens (tertiary/aromatic N) is 1. The lowest BCUT2D eigenvalue weighted by molar-refractivity contribution is 0.348. The Hall–Kier alpha value is -2.57. The number of rotatable bonds is 4. The molecule has 27 heavy (non-hydrogen) atoms. The molecule has 0 aromatic heterocycles. The summed E-state index contributed by atoms with van der Waals surface area (Å²) >= 11 is 0. The van der Waals surface area contributed by atoms with Crippen molar-refractivity contribution in [1.29, 1.82) is 0 Å². The monoisotopic (exact) mass is 383 g/mol. The number of hydrogen-bond acceptors (Lipinski definition) is 4. The molecule has 0 radical (unpaired) electrons. The quantitative estimate of drug-likeness (QED) is 0.691. The third-order valence-electron chi connectivity index (χ3n) is 5.05. The van der Waals surface area contributed by atoms with Crippen LogP contribution < -0.4 is 9.47 Å². The first kappa shape index (κ1) is 17.8. The zero-order valence-corrected chi connectivity index (χ0v) is 16.1. The van der Waals surface area contributed by atoms with Crippen molar-refractivity contribution in [2.75, 3.05) is 20.8 Å². The van der Waals surface area contributed by atoms with Crippen molar-refractivity contribution in [2.24, 2.45) is 0 Å². The van der Waals surface area contributed by atoms with Gasteiger partial charge in [-0.2, -0.15) is 4.31 Å². The SMILES string of the molecule is COc1cc2c(cc1OC)CN(S(=O)(=O)c1cccc3ccccc13)CC2. The summed E-state index contributed by atoms with van der Waals surface area (Å²) in [5.74, 6) is 1.28. The summed E-state index contributed by atoms with van der Waals surface area (Å²) in [7, 11) is -0.423. The van der Waals surface area contributed by atoms with E-state index in [1.807, 2.05) is 42.5 Å². The van der Waals surface area contributed by atoms with Crippen molar-refractivity contribution in [2.45, 2.75) is 17.9 Å². The molecule has 3 aromatic rings. The van der Waals surface area contributed by atoms with E-state index in [0.717, 1.165) is 21.9 Å². The lowest BCUT2D eigenvalue weighted by Crippen LogP contribution is -2.36. The van der Waals surface area contributed by atoms with E-state index in [4.69, 9.17) is 9.47 Å². The summed E-state index contributed by atoms with van der Waals surface area (Å²) in [5.41, 5.74) is 2.04. The van der Waals surface area contributed by atoms with Gasteiger partial charge in [0.2, 0.25) is 10.0 Å². The highest BCUT2D eigenvalue weighted by Gasteiger charge is 2.30. The summed E-state index contributed by atoms with van der Waals surface area (Å²) in [5, 5.41) is 1.67.